The predicted molar refractivity (Wildman–Crippen MR) is 103 cm³/mol. The first kappa shape index (κ1) is 14.8. The molecule has 0 heterocycles. The number of benzene rings is 3. The van der Waals surface area contributed by atoms with Crippen molar-refractivity contribution in [3.63, 3.8) is 0 Å². The second-order valence-electron chi connectivity index (χ2n) is 6.43. The first-order valence-electron chi connectivity index (χ1n) is 8.52. The van der Waals surface area contributed by atoms with Gasteiger partial charge in [-0.2, -0.15) is 0 Å². The van der Waals surface area contributed by atoms with Gasteiger partial charge in [-0.05, 0) is 59.9 Å². The molecular weight excluding hydrogens is 290 g/mol. The summed E-state index contributed by atoms with van der Waals surface area (Å²) in [5.74, 6) is 0.627. The zero-order valence-electron chi connectivity index (χ0n) is 13.9. The van der Waals surface area contributed by atoms with Crippen molar-refractivity contribution in [3.8, 4) is 0 Å². The Hall–Kier alpha value is -2.80. The average Bonchev–Trinajstić information content (AvgIpc) is 2.64. The molecule has 0 saturated carbocycles. The number of hydrogen-bond acceptors (Lipinski definition) is 1. The van der Waals surface area contributed by atoms with Crippen LogP contribution in [0.2, 0.25) is 0 Å². The zero-order valence-corrected chi connectivity index (χ0v) is 13.9. The lowest BCUT2D eigenvalue weighted by Crippen LogP contribution is -2.11. The van der Waals surface area contributed by atoms with Crippen molar-refractivity contribution in [3.05, 3.63) is 96.1 Å². The van der Waals surface area contributed by atoms with E-state index in [1.54, 1.807) is 0 Å². The molecule has 0 N–H and O–H groups in total. The number of fused-ring (bicyclic) bond motifs is 1. The molecule has 118 valence electrons. The van der Waals surface area contributed by atoms with Gasteiger partial charge in [0.05, 0.1) is 0 Å². The van der Waals surface area contributed by atoms with E-state index in [9.17, 15) is 0 Å². The van der Waals surface area contributed by atoms with Crippen LogP contribution in [0.25, 0.3) is 6.08 Å². The Balaban J connectivity index is 1.82. The fourth-order valence-corrected chi connectivity index (χ4v) is 3.35. The van der Waals surface area contributed by atoms with Gasteiger partial charge in [0.2, 0.25) is 0 Å². The zero-order chi connectivity index (χ0) is 16.4. The monoisotopic (exact) mass is 311 g/mol. The van der Waals surface area contributed by atoms with Crippen LogP contribution >= 0.6 is 0 Å². The fourth-order valence-electron chi connectivity index (χ4n) is 3.35. The van der Waals surface area contributed by atoms with E-state index < -0.39 is 0 Å². The van der Waals surface area contributed by atoms with E-state index in [1.165, 1.54) is 28.2 Å². The topological polar surface area (TPSA) is 3.24 Å². The van der Waals surface area contributed by atoms with Crippen molar-refractivity contribution >= 4 is 23.1 Å². The van der Waals surface area contributed by atoms with Crippen molar-refractivity contribution in [1.82, 2.24) is 0 Å². The summed E-state index contributed by atoms with van der Waals surface area (Å²) >= 11 is 0. The van der Waals surface area contributed by atoms with E-state index in [0.717, 1.165) is 6.42 Å². The van der Waals surface area contributed by atoms with Gasteiger partial charge in [-0.3, -0.25) is 0 Å². The molecule has 1 unspecified atom stereocenters. The summed E-state index contributed by atoms with van der Waals surface area (Å²) in [6, 6.07) is 27.9. The van der Waals surface area contributed by atoms with Crippen LogP contribution in [-0.2, 0) is 6.42 Å². The molecule has 0 fully saturated rings. The number of rotatable bonds is 3. The van der Waals surface area contributed by atoms with Gasteiger partial charge in [0.15, 0.2) is 0 Å². The number of anilines is 3. The number of para-hydroxylation sites is 2. The Kier molecular flexibility index (Phi) is 3.92. The third-order valence-electron chi connectivity index (χ3n) is 4.56. The van der Waals surface area contributed by atoms with Crippen LogP contribution in [0.3, 0.4) is 0 Å². The normalized spacial score (nSPS) is 15.8. The van der Waals surface area contributed by atoms with Gasteiger partial charge in [0.25, 0.3) is 0 Å². The highest BCUT2D eigenvalue weighted by Gasteiger charge is 2.15. The van der Waals surface area contributed by atoms with E-state index >= 15 is 0 Å². The first-order chi connectivity index (χ1) is 11.8. The minimum absolute atomic E-state index is 0.627. The molecule has 0 radical (unpaired) electrons. The number of allylic oxidation sites excluding steroid dienone is 1. The standard InChI is InChI=1S/C23H21N/c1-18-12-13-20-17-23(15-14-19(20)16-18)24(21-8-4-2-5-9-21)22-10-6-3-7-11-22/h2-15,17-18H,16H2,1H3. The van der Waals surface area contributed by atoms with E-state index in [1.807, 2.05) is 0 Å². The van der Waals surface area contributed by atoms with Crippen molar-refractivity contribution < 1.29 is 0 Å². The summed E-state index contributed by atoms with van der Waals surface area (Å²) < 4.78 is 0. The van der Waals surface area contributed by atoms with Crippen molar-refractivity contribution in [2.24, 2.45) is 5.92 Å². The van der Waals surface area contributed by atoms with Crippen molar-refractivity contribution in [1.29, 1.82) is 0 Å². The van der Waals surface area contributed by atoms with Gasteiger partial charge >= 0.3 is 0 Å². The summed E-state index contributed by atoms with van der Waals surface area (Å²) in [5.41, 5.74) is 6.33. The number of hydrogen-bond donors (Lipinski definition) is 0. The molecule has 1 aliphatic carbocycles. The van der Waals surface area contributed by atoms with E-state index in [0.29, 0.717) is 5.92 Å². The van der Waals surface area contributed by atoms with E-state index in [-0.39, 0.29) is 0 Å². The lowest BCUT2D eigenvalue weighted by Gasteiger charge is -2.27. The number of nitrogens with zero attached hydrogens (tertiary/aromatic N) is 1. The summed E-state index contributed by atoms with van der Waals surface area (Å²) in [6.45, 7) is 2.27. The maximum Gasteiger partial charge on any atom is 0.0467 e. The van der Waals surface area contributed by atoms with Gasteiger partial charge in [0.1, 0.15) is 0 Å². The van der Waals surface area contributed by atoms with Gasteiger partial charge in [-0.15, -0.1) is 0 Å². The molecule has 1 atom stereocenters. The maximum absolute atomic E-state index is 2.31. The average molecular weight is 311 g/mol. The van der Waals surface area contributed by atoms with Gasteiger partial charge in [-0.25, -0.2) is 0 Å². The third kappa shape index (κ3) is 2.85. The molecule has 0 saturated heterocycles. The van der Waals surface area contributed by atoms with Crippen LogP contribution in [0.15, 0.2) is 84.9 Å². The van der Waals surface area contributed by atoms with Gasteiger partial charge in [-0.1, -0.05) is 61.5 Å². The highest BCUT2D eigenvalue weighted by molar-refractivity contribution is 5.78. The third-order valence-corrected chi connectivity index (χ3v) is 4.56. The minimum atomic E-state index is 0.627. The van der Waals surface area contributed by atoms with Crippen LogP contribution < -0.4 is 4.90 Å². The Bertz CT molecular complexity index is 810. The van der Waals surface area contributed by atoms with Gasteiger partial charge in [0, 0.05) is 17.1 Å². The van der Waals surface area contributed by atoms with Crippen LogP contribution in [0.1, 0.15) is 18.1 Å². The summed E-state index contributed by atoms with van der Waals surface area (Å²) in [6.07, 6.45) is 5.70. The van der Waals surface area contributed by atoms with E-state index in [2.05, 4.69) is 103 Å². The van der Waals surface area contributed by atoms with Crippen LogP contribution in [0, 0.1) is 5.92 Å². The summed E-state index contributed by atoms with van der Waals surface area (Å²) in [4.78, 5) is 2.31. The lowest BCUT2D eigenvalue weighted by atomic mass is 9.90. The Morgan fingerprint density at radius 2 is 1.38 bits per heavy atom. The SMILES string of the molecule is CC1C=Cc2cc(N(c3ccccc3)c3ccccc3)ccc2C1. The van der Waals surface area contributed by atoms with Crippen LogP contribution in [0.4, 0.5) is 17.1 Å². The second kappa shape index (κ2) is 6.37. The Morgan fingerprint density at radius 1 is 0.750 bits per heavy atom. The smallest absolute Gasteiger partial charge is 0.0467 e. The van der Waals surface area contributed by atoms with Gasteiger partial charge < -0.3 is 4.90 Å². The molecule has 0 spiro atoms. The molecule has 0 amide bonds. The molecule has 0 bridgehead atoms. The molecule has 0 aromatic heterocycles. The minimum Gasteiger partial charge on any atom is -0.310 e. The molecular formula is C23H21N. The molecule has 4 rings (SSSR count). The lowest BCUT2D eigenvalue weighted by molar-refractivity contribution is 0.717. The maximum atomic E-state index is 2.31. The summed E-state index contributed by atoms with van der Waals surface area (Å²) in [7, 11) is 0. The summed E-state index contributed by atoms with van der Waals surface area (Å²) in [5, 5.41) is 0. The molecule has 3 aromatic rings. The molecule has 1 heteroatoms. The fraction of sp³-hybridized carbons (Fsp3) is 0.130. The quantitative estimate of drug-likeness (QED) is 0.544. The van der Waals surface area contributed by atoms with Crippen LogP contribution in [0.5, 0.6) is 0 Å². The Labute approximate surface area is 143 Å². The molecule has 0 aliphatic heterocycles. The largest absolute Gasteiger partial charge is 0.310 e. The highest BCUT2D eigenvalue weighted by Crippen LogP contribution is 2.36. The molecule has 3 aromatic carbocycles. The van der Waals surface area contributed by atoms with Crippen LogP contribution in [-0.4, -0.2) is 0 Å². The molecule has 1 aliphatic rings. The molecule has 1 nitrogen and oxygen atoms in total. The predicted octanol–water partition coefficient (Wildman–Crippen LogP) is 6.36. The van der Waals surface area contributed by atoms with Crippen molar-refractivity contribution in [2.45, 2.75) is 13.3 Å². The highest BCUT2D eigenvalue weighted by atomic mass is 15.1. The van der Waals surface area contributed by atoms with Crippen molar-refractivity contribution in [2.75, 3.05) is 4.90 Å². The molecule has 24 heavy (non-hydrogen) atoms. The second-order valence-corrected chi connectivity index (χ2v) is 6.43. The first-order valence-corrected chi connectivity index (χ1v) is 8.52. The Morgan fingerprint density at radius 3 is 2.00 bits per heavy atom. The van der Waals surface area contributed by atoms with E-state index in [4.69, 9.17) is 0 Å².